The van der Waals surface area contributed by atoms with Gasteiger partial charge in [0.25, 0.3) is 0 Å². The molecule has 3 aromatic rings. The number of methoxy groups -OCH3 is 2. The summed E-state index contributed by atoms with van der Waals surface area (Å²) in [6.45, 7) is 0. The zero-order valence-electron chi connectivity index (χ0n) is 17.1. The molecule has 1 N–H and O–H groups in total. The molecule has 0 bridgehead atoms. The van der Waals surface area contributed by atoms with Gasteiger partial charge in [0.2, 0.25) is 0 Å². The van der Waals surface area contributed by atoms with E-state index in [0.29, 0.717) is 17.0 Å². The smallest absolute Gasteiger partial charge is 0.356 e. The largest absolute Gasteiger partial charge is 0.497 e. The van der Waals surface area contributed by atoms with Crippen LogP contribution in [0.5, 0.6) is 5.75 Å². The Morgan fingerprint density at radius 3 is 1.87 bits per heavy atom. The molecule has 154 valence electrons. The Kier molecular flexibility index (Phi) is 5.62. The average molecular weight is 412 g/mol. The van der Waals surface area contributed by atoms with Crippen molar-refractivity contribution in [2.75, 3.05) is 14.2 Å². The zero-order valence-corrected chi connectivity index (χ0v) is 17.1. The zero-order chi connectivity index (χ0) is 21.8. The molecule has 6 heteroatoms. The number of ketones is 1. The summed E-state index contributed by atoms with van der Waals surface area (Å²) < 4.78 is 9.94. The van der Waals surface area contributed by atoms with Crippen molar-refractivity contribution in [3.63, 3.8) is 0 Å². The van der Waals surface area contributed by atoms with Crippen molar-refractivity contribution >= 4 is 17.5 Å². The van der Waals surface area contributed by atoms with Gasteiger partial charge in [-0.25, -0.2) is 4.79 Å². The van der Waals surface area contributed by atoms with Crippen molar-refractivity contribution in [2.45, 2.75) is 0 Å². The fourth-order valence-corrected chi connectivity index (χ4v) is 3.45. The van der Waals surface area contributed by atoms with Gasteiger partial charge >= 0.3 is 5.97 Å². The molecule has 0 aromatic heterocycles. The standard InChI is InChI=1S/C25H20N2O4/c1-30-17-13-11-16(12-14-17)23(28)15-22(25(29)31-2)26-27-24-20-9-5-3-7-18(20)19-8-4-6-10-21(19)24/h3-15,26H,1-2H3. The van der Waals surface area contributed by atoms with E-state index in [1.165, 1.54) is 13.2 Å². The Morgan fingerprint density at radius 2 is 1.35 bits per heavy atom. The molecule has 6 nitrogen and oxygen atoms in total. The molecule has 0 radical (unpaired) electrons. The maximum Gasteiger partial charge on any atom is 0.356 e. The van der Waals surface area contributed by atoms with Gasteiger partial charge in [-0.2, -0.15) is 5.10 Å². The molecule has 0 aliphatic heterocycles. The molecule has 0 amide bonds. The van der Waals surface area contributed by atoms with E-state index in [9.17, 15) is 9.59 Å². The van der Waals surface area contributed by atoms with E-state index >= 15 is 0 Å². The summed E-state index contributed by atoms with van der Waals surface area (Å²) >= 11 is 0. The minimum Gasteiger partial charge on any atom is -0.497 e. The van der Waals surface area contributed by atoms with Gasteiger partial charge in [0, 0.05) is 22.8 Å². The maximum atomic E-state index is 12.7. The van der Waals surface area contributed by atoms with E-state index in [1.807, 2.05) is 48.5 Å². The van der Waals surface area contributed by atoms with Crippen molar-refractivity contribution in [1.29, 1.82) is 0 Å². The Morgan fingerprint density at radius 1 is 0.806 bits per heavy atom. The molecule has 1 aliphatic rings. The van der Waals surface area contributed by atoms with E-state index in [2.05, 4.69) is 10.5 Å². The Hall–Kier alpha value is -4.19. The summed E-state index contributed by atoms with van der Waals surface area (Å²) in [5, 5.41) is 4.47. The van der Waals surface area contributed by atoms with Crippen LogP contribution < -0.4 is 10.2 Å². The third-order valence-corrected chi connectivity index (χ3v) is 5.00. The van der Waals surface area contributed by atoms with Gasteiger partial charge in [-0.1, -0.05) is 48.5 Å². The van der Waals surface area contributed by atoms with Crippen LogP contribution in [-0.4, -0.2) is 31.7 Å². The van der Waals surface area contributed by atoms with Crippen LogP contribution in [0.25, 0.3) is 11.1 Å². The van der Waals surface area contributed by atoms with E-state index in [4.69, 9.17) is 9.47 Å². The third kappa shape index (κ3) is 3.96. The molecule has 0 saturated carbocycles. The molecule has 0 heterocycles. The molecule has 3 aromatic carbocycles. The SMILES string of the molecule is COC(=O)C(=CC(=O)c1ccc(OC)cc1)NN=C1c2ccccc2-c2ccccc21. The summed E-state index contributed by atoms with van der Waals surface area (Å²) in [5.74, 6) is -0.412. The number of ether oxygens (including phenoxy) is 2. The highest BCUT2D eigenvalue weighted by Gasteiger charge is 2.24. The van der Waals surface area contributed by atoms with Crippen LogP contribution in [-0.2, 0) is 9.53 Å². The number of esters is 1. The molecule has 0 spiro atoms. The minimum absolute atomic E-state index is 0.0577. The van der Waals surface area contributed by atoms with Gasteiger partial charge in [-0.15, -0.1) is 0 Å². The summed E-state index contributed by atoms with van der Waals surface area (Å²) in [6, 6.07) is 22.4. The first kappa shape index (κ1) is 20.1. The maximum absolute atomic E-state index is 12.7. The second-order valence-corrected chi connectivity index (χ2v) is 6.81. The Labute approximate surface area is 179 Å². The number of allylic oxidation sites excluding steroid dienone is 1. The summed E-state index contributed by atoms with van der Waals surface area (Å²) in [6.07, 6.45) is 1.18. The first-order valence-corrected chi connectivity index (χ1v) is 9.63. The van der Waals surface area contributed by atoms with E-state index in [-0.39, 0.29) is 11.5 Å². The number of hydrogen-bond donors (Lipinski definition) is 1. The molecule has 1 aliphatic carbocycles. The third-order valence-electron chi connectivity index (χ3n) is 5.00. The number of nitrogens with zero attached hydrogens (tertiary/aromatic N) is 1. The number of fused-ring (bicyclic) bond motifs is 3. The molecule has 0 saturated heterocycles. The average Bonchev–Trinajstić information content (AvgIpc) is 3.15. The summed E-state index contributed by atoms with van der Waals surface area (Å²) in [4.78, 5) is 24.9. The van der Waals surface area contributed by atoms with Crippen LogP contribution in [0, 0.1) is 0 Å². The second kappa shape index (κ2) is 8.67. The number of rotatable bonds is 6. The molecular formula is C25H20N2O4. The number of carbonyl (C=O) groups is 2. The van der Waals surface area contributed by atoms with Crippen LogP contribution in [0.3, 0.4) is 0 Å². The summed E-state index contributed by atoms with van der Waals surface area (Å²) in [5.41, 5.74) is 7.82. The molecule has 0 unspecified atom stereocenters. The lowest BCUT2D eigenvalue weighted by Crippen LogP contribution is -2.20. The fraction of sp³-hybridized carbons (Fsp3) is 0.0800. The van der Waals surface area contributed by atoms with Gasteiger partial charge < -0.3 is 9.47 Å². The summed E-state index contributed by atoms with van der Waals surface area (Å²) in [7, 11) is 2.80. The van der Waals surface area contributed by atoms with Gasteiger partial charge in [0.05, 0.1) is 19.9 Å². The van der Waals surface area contributed by atoms with Crippen LogP contribution in [0.15, 0.2) is 89.7 Å². The van der Waals surface area contributed by atoms with Gasteiger partial charge in [0.15, 0.2) is 5.78 Å². The number of hydrogen-bond acceptors (Lipinski definition) is 6. The highest BCUT2D eigenvalue weighted by molar-refractivity contribution is 6.24. The lowest BCUT2D eigenvalue weighted by atomic mass is 10.1. The van der Waals surface area contributed by atoms with Crippen molar-refractivity contribution in [3.8, 4) is 16.9 Å². The first-order valence-electron chi connectivity index (χ1n) is 9.63. The van der Waals surface area contributed by atoms with Gasteiger partial charge in [-0.05, 0) is 35.4 Å². The van der Waals surface area contributed by atoms with Crippen LogP contribution >= 0.6 is 0 Å². The van der Waals surface area contributed by atoms with Crippen molar-refractivity contribution in [1.82, 2.24) is 5.43 Å². The second-order valence-electron chi connectivity index (χ2n) is 6.81. The minimum atomic E-state index is -0.689. The molecule has 31 heavy (non-hydrogen) atoms. The predicted molar refractivity (Wildman–Crippen MR) is 118 cm³/mol. The van der Waals surface area contributed by atoms with Gasteiger partial charge in [0.1, 0.15) is 11.4 Å². The number of hydrazone groups is 1. The van der Waals surface area contributed by atoms with Gasteiger partial charge in [-0.3, -0.25) is 10.2 Å². The van der Waals surface area contributed by atoms with Crippen molar-refractivity contribution < 1.29 is 19.1 Å². The Balaban J connectivity index is 1.67. The van der Waals surface area contributed by atoms with Crippen LogP contribution in [0.2, 0.25) is 0 Å². The highest BCUT2D eigenvalue weighted by atomic mass is 16.5. The monoisotopic (exact) mass is 412 g/mol. The molecule has 4 rings (SSSR count). The van der Waals surface area contributed by atoms with E-state index in [1.54, 1.807) is 31.4 Å². The molecule has 0 atom stereocenters. The van der Waals surface area contributed by atoms with E-state index in [0.717, 1.165) is 22.3 Å². The quantitative estimate of drug-likeness (QED) is 0.225. The topological polar surface area (TPSA) is 77.0 Å². The normalized spacial score (nSPS) is 11.9. The Bertz CT molecular complexity index is 1160. The molecular weight excluding hydrogens is 392 g/mol. The number of nitrogens with one attached hydrogen (secondary N) is 1. The number of carbonyl (C=O) groups excluding carboxylic acids is 2. The molecule has 0 fully saturated rings. The van der Waals surface area contributed by atoms with E-state index < -0.39 is 5.97 Å². The van der Waals surface area contributed by atoms with Crippen LogP contribution in [0.1, 0.15) is 21.5 Å². The first-order chi connectivity index (χ1) is 15.1. The van der Waals surface area contributed by atoms with Crippen LogP contribution in [0.4, 0.5) is 0 Å². The van der Waals surface area contributed by atoms with Crippen molar-refractivity contribution in [3.05, 3.63) is 101 Å². The predicted octanol–water partition coefficient (Wildman–Crippen LogP) is 3.96. The fourth-order valence-electron chi connectivity index (χ4n) is 3.45. The van der Waals surface area contributed by atoms with Crippen molar-refractivity contribution in [2.24, 2.45) is 5.10 Å². The highest BCUT2D eigenvalue weighted by Crippen LogP contribution is 2.36. The lowest BCUT2D eigenvalue weighted by Gasteiger charge is -2.07. The number of benzene rings is 3. The lowest BCUT2D eigenvalue weighted by molar-refractivity contribution is -0.136.